The van der Waals surface area contributed by atoms with Crippen LogP contribution in [0, 0.1) is 0 Å². The lowest BCUT2D eigenvalue weighted by Gasteiger charge is -2.18. The minimum absolute atomic E-state index is 0.0685. The van der Waals surface area contributed by atoms with Crippen LogP contribution in [0.5, 0.6) is 0 Å². The Labute approximate surface area is 423 Å². The second-order valence-corrected chi connectivity index (χ2v) is 19.5. The standard InChI is InChI=1S/C63H112O5/c1-4-7-10-13-16-19-22-25-28-30-31-32-34-37-40-43-46-49-52-55-58-66-59-61(68-63(65)57-54-51-48-45-42-39-35-27-24-21-18-15-12-9-6-3)60-67-62(64)56-53-50-47-44-41-38-36-33-29-26-23-20-17-14-11-8-5-2/h9,12,16,18-19,21,25,27-28,35,42,45,61H,4-8,10-11,13-15,17,20,22-24,26,29-34,36-41,43-44,46-60H2,1-3H3/b12-9-,19-16-,21-18-,28-25-,35-27-,45-42-. The van der Waals surface area contributed by atoms with Crippen molar-refractivity contribution in [1.29, 1.82) is 0 Å². The summed E-state index contributed by atoms with van der Waals surface area (Å²) in [4.78, 5) is 25.5. The summed E-state index contributed by atoms with van der Waals surface area (Å²) < 4.78 is 17.5. The third-order valence-corrected chi connectivity index (χ3v) is 12.7. The third kappa shape index (κ3) is 55.9. The van der Waals surface area contributed by atoms with Gasteiger partial charge in [-0.15, -0.1) is 0 Å². The van der Waals surface area contributed by atoms with Gasteiger partial charge in [0.1, 0.15) is 6.61 Å². The molecule has 0 aromatic carbocycles. The number of unbranched alkanes of at least 4 members (excludes halogenated alkanes) is 31. The van der Waals surface area contributed by atoms with Gasteiger partial charge in [-0.1, -0.05) is 261 Å². The van der Waals surface area contributed by atoms with Gasteiger partial charge < -0.3 is 14.2 Å². The van der Waals surface area contributed by atoms with E-state index in [4.69, 9.17) is 14.2 Å². The van der Waals surface area contributed by atoms with Crippen molar-refractivity contribution in [2.24, 2.45) is 0 Å². The number of carbonyl (C=O) groups excluding carboxylic acids is 2. The molecular weight excluding hydrogens is 837 g/mol. The second kappa shape index (κ2) is 58.7. The SMILES string of the molecule is CC/C=C\C/C=C\C/C=C\C/C=C\CCCCC(=O)OC(COCCCCCCCCCCCC/C=C\C/C=C\CCCCC)COC(=O)CCCCCCCCCCCCCCCCCCC. The highest BCUT2D eigenvalue weighted by Gasteiger charge is 2.17. The van der Waals surface area contributed by atoms with Crippen molar-refractivity contribution < 1.29 is 23.8 Å². The first-order valence-electron chi connectivity index (χ1n) is 29.5. The fourth-order valence-electron chi connectivity index (χ4n) is 8.36. The van der Waals surface area contributed by atoms with Crippen molar-refractivity contribution in [3.05, 3.63) is 72.9 Å². The molecule has 5 heteroatoms. The smallest absolute Gasteiger partial charge is 0.306 e. The molecule has 0 fully saturated rings. The summed E-state index contributed by atoms with van der Waals surface area (Å²) in [6.07, 6.45) is 76.4. The van der Waals surface area contributed by atoms with E-state index in [9.17, 15) is 9.59 Å². The predicted molar refractivity (Wildman–Crippen MR) is 297 cm³/mol. The van der Waals surface area contributed by atoms with Gasteiger partial charge in [-0.3, -0.25) is 9.59 Å². The average molecular weight is 950 g/mol. The second-order valence-electron chi connectivity index (χ2n) is 19.5. The van der Waals surface area contributed by atoms with Crippen LogP contribution in [0.3, 0.4) is 0 Å². The molecule has 5 nitrogen and oxygen atoms in total. The van der Waals surface area contributed by atoms with Gasteiger partial charge >= 0.3 is 11.9 Å². The van der Waals surface area contributed by atoms with E-state index in [1.165, 1.54) is 180 Å². The molecule has 0 aromatic heterocycles. The van der Waals surface area contributed by atoms with Crippen molar-refractivity contribution >= 4 is 11.9 Å². The van der Waals surface area contributed by atoms with Gasteiger partial charge in [-0.2, -0.15) is 0 Å². The highest BCUT2D eigenvalue weighted by atomic mass is 16.6. The minimum Gasteiger partial charge on any atom is -0.462 e. The summed E-state index contributed by atoms with van der Waals surface area (Å²) in [5, 5.41) is 0. The summed E-state index contributed by atoms with van der Waals surface area (Å²) in [6, 6.07) is 0. The molecule has 0 saturated heterocycles. The highest BCUT2D eigenvalue weighted by molar-refractivity contribution is 5.70. The quantitative estimate of drug-likeness (QED) is 0.0345. The van der Waals surface area contributed by atoms with Gasteiger partial charge in [-0.05, 0) is 89.9 Å². The van der Waals surface area contributed by atoms with Crippen LogP contribution in [-0.4, -0.2) is 37.9 Å². The predicted octanol–water partition coefficient (Wildman–Crippen LogP) is 20.2. The fourth-order valence-corrected chi connectivity index (χ4v) is 8.36. The zero-order valence-corrected chi connectivity index (χ0v) is 45.4. The first-order valence-corrected chi connectivity index (χ1v) is 29.5. The largest absolute Gasteiger partial charge is 0.462 e. The molecule has 0 saturated carbocycles. The Hall–Kier alpha value is -2.66. The van der Waals surface area contributed by atoms with E-state index in [1.54, 1.807) is 0 Å². The number of ether oxygens (including phenoxy) is 3. The maximum Gasteiger partial charge on any atom is 0.306 e. The van der Waals surface area contributed by atoms with E-state index in [1.807, 2.05) is 0 Å². The van der Waals surface area contributed by atoms with Gasteiger partial charge in [0.25, 0.3) is 0 Å². The normalized spacial score (nSPS) is 12.7. The average Bonchev–Trinajstić information content (AvgIpc) is 3.34. The van der Waals surface area contributed by atoms with Crippen LogP contribution in [0.1, 0.15) is 290 Å². The van der Waals surface area contributed by atoms with E-state index in [0.29, 0.717) is 19.4 Å². The van der Waals surface area contributed by atoms with Crippen molar-refractivity contribution in [2.75, 3.05) is 19.8 Å². The maximum absolute atomic E-state index is 12.8. The number of carbonyl (C=O) groups is 2. The van der Waals surface area contributed by atoms with Gasteiger partial charge in [0.2, 0.25) is 0 Å². The van der Waals surface area contributed by atoms with Crippen molar-refractivity contribution in [3.8, 4) is 0 Å². The summed E-state index contributed by atoms with van der Waals surface area (Å²) in [6.45, 7) is 7.68. The Kier molecular flexibility index (Phi) is 56.4. The molecule has 0 amide bonds. The Balaban J connectivity index is 4.29. The van der Waals surface area contributed by atoms with E-state index < -0.39 is 6.10 Å². The molecule has 0 aliphatic rings. The van der Waals surface area contributed by atoms with Crippen molar-refractivity contribution in [1.82, 2.24) is 0 Å². The molecule has 1 atom stereocenters. The van der Waals surface area contributed by atoms with Crippen LogP contribution in [0.2, 0.25) is 0 Å². The van der Waals surface area contributed by atoms with E-state index in [0.717, 1.165) is 77.0 Å². The zero-order valence-electron chi connectivity index (χ0n) is 45.4. The summed E-state index contributed by atoms with van der Waals surface area (Å²) in [7, 11) is 0. The third-order valence-electron chi connectivity index (χ3n) is 12.7. The number of esters is 2. The summed E-state index contributed by atoms with van der Waals surface area (Å²) in [5.74, 6) is -0.435. The Bertz CT molecular complexity index is 1210. The maximum atomic E-state index is 12.8. The first kappa shape index (κ1) is 65.3. The monoisotopic (exact) mass is 949 g/mol. The topological polar surface area (TPSA) is 61.8 Å². The first-order chi connectivity index (χ1) is 33.6. The molecule has 0 rings (SSSR count). The van der Waals surface area contributed by atoms with Crippen LogP contribution in [-0.2, 0) is 23.8 Å². The number of hydrogen-bond acceptors (Lipinski definition) is 5. The van der Waals surface area contributed by atoms with E-state index in [-0.39, 0.29) is 25.2 Å². The van der Waals surface area contributed by atoms with Gasteiger partial charge in [0.15, 0.2) is 6.10 Å². The Morgan fingerprint density at radius 2 is 0.662 bits per heavy atom. The van der Waals surface area contributed by atoms with Crippen LogP contribution >= 0.6 is 0 Å². The number of rotatable bonds is 54. The molecule has 0 aromatic rings. The summed E-state index contributed by atoms with van der Waals surface area (Å²) >= 11 is 0. The zero-order chi connectivity index (χ0) is 49.2. The molecule has 0 aliphatic carbocycles. The molecule has 0 spiro atoms. The van der Waals surface area contributed by atoms with Crippen LogP contribution in [0.25, 0.3) is 0 Å². The van der Waals surface area contributed by atoms with Gasteiger partial charge in [0, 0.05) is 19.4 Å². The lowest BCUT2D eigenvalue weighted by atomic mass is 10.0. The summed E-state index contributed by atoms with van der Waals surface area (Å²) in [5.41, 5.74) is 0. The molecule has 1 unspecified atom stereocenters. The van der Waals surface area contributed by atoms with Crippen LogP contribution in [0.15, 0.2) is 72.9 Å². The van der Waals surface area contributed by atoms with Crippen molar-refractivity contribution in [3.63, 3.8) is 0 Å². The highest BCUT2D eigenvalue weighted by Crippen LogP contribution is 2.16. The molecule has 0 heterocycles. The lowest BCUT2D eigenvalue weighted by molar-refractivity contribution is -0.163. The molecular formula is C63H112O5. The molecule has 0 bridgehead atoms. The van der Waals surface area contributed by atoms with Crippen LogP contribution < -0.4 is 0 Å². The minimum atomic E-state index is -0.561. The number of allylic oxidation sites excluding steroid dienone is 12. The Morgan fingerprint density at radius 1 is 0.338 bits per heavy atom. The number of hydrogen-bond donors (Lipinski definition) is 0. The fraction of sp³-hybridized carbons (Fsp3) is 0.778. The molecule has 394 valence electrons. The molecule has 0 radical (unpaired) electrons. The van der Waals surface area contributed by atoms with E-state index in [2.05, 4.69) is 93.7 Å². The molecule has 0 N–H and O–H groups in total. The Morgan fingerprint density at radius 3 is 1.12 bits per heavy atom. The molecule has 68 heavy (non-hydrogen) atoms. The van der Waals surface area contributed by atoms with Gasteiger partial charge in [0.05, 0.1) is 6.61 Å². The van der Waals surface area contributed by atoms with Crippen LogP contribution in [0.4, 0.5) is 0 Å². The molecule has 0 aliphatic heterocycles. The van der Waals surface area contributed by atoms with Crippen molar-refractivity contribution in [2.45, 2.75) is 297 Å². The van der Waals surface area contributed by atoms with E-state index >= 15 is 0 Å². The van der Waals surface area contributed by atoms with Gasteiger partial charge in [-0.25, -0.2) is 0 Å². The lowest BCUT2D eigenvalue weighted by Crippen LogP contribution is -2.30.